The topological polar surface area (TPSA) is 58.2 Å². The average molecular weight is 280 g/mol. The van der Waals surface area contributed by atoms with E-state index >= 15 is 0 Å². The molecule has 1 aromatic carbocycles. The normalized spacial score (nSPS) is 26.2. The lowest BCUT2D eigenvalue weighted by Crippen LogP contribution is -2.26. The predicted octanol–water partition coefficient (Wildman–Crippen LogP) is 2.34. The Bertz CT molecular complexity index is 567. The van der Waals surface area contributed by atoms with Crippen LogP contribution in [0.1, 0.15) is 32.6 Å². The third-order valence-electron chi connectivity index (χ3n) is 3.86. The fourth-order valence-electron chi connectivity index (χ4n) is 2.38. The Morgan fingerprint density at radius 2 is 2.00 bits per heavy atom. The molecule has 2 aliphatic rings. The fraction of sp³-hybridized carbons (Fsp3) is 0.571. The molecular weight excluding hydrogens is 260 g/mol. The molecule has 1 aromatic rings. The maximum atomic E-state index is 12.3. The van der Waals surface area contributed by atoms with E-state index < -0.39 is 10.0 Å². The van der Waals surface area contributed by atoms with Crippen LogP contribution in [-0.2, 0) is 10.0 Å². The molecule has 0 spiro atoms. The van der Waals surface area contributed by atoms with Crippen molar-refractivity contribution >= 4 is 15.7 Å². The van der Waals surface area contributed by atoms with E-state index in [0.29, 0.717) is 16.9 Å². The van der Waals surface area contributed by atoms with Crippen molar-refractivity contribution in [3.63, 3.8) is 0 Å². The third-order valence-corrected chi connectivity index (χ3v) is 5.44. The zero-order chi connectivity index (χ0) is 13.5. The summed E-state index contributed by atoms with van der Waals surface area (Å²) in [6, 6.07) is 7.76. The minimum absolute atomic E-state index is 0.141. The molecule has 0 aromatic heterocycles. The van der Waals surface area contributed by atoms with E-state index in [-0.39, 0.29) is 6.04 Å². The van der Waals surface area contributed by atoms with Gasteiger partial charge in [-0.1, -0.05) is 25.5 Å². The predicted molar refractivity (Wildman–Crippen MR) is 75.6 cm³/mol. The Balaban J connectivity index is 1.80. The first kappa shape index (κ1) is 12.9. The molecule has 0 amide bonds. The van der Waals surface area contributed by atoms with Gasteiger partial charge in [-0.25, -0.2) is 13.1 Å². The lowest BCUT2D eigenvalue weighted by Gasteiger charge is -2.12. The second-order valence-electron chi connectivity index (χ2n) is 5.55. The summed E-state index contributed by atoms with van der Waals surface area (Å²) < 4.78 is 27.3. The first-order valence-corrected chi connectivity index (χ1v) is 8.46. The summed E-state index contributed by atoms with van der Waals surface area (Å²) in [5, 5.41) is 3.37. The van der Waals surface area contributed by atoms with Crippen molar-refractivity contribution in [3.8, 4) is 0 Å². The maximum absolute atomic E-state index is 12.3. The van der Waals surface area contributed by atoms with Crippen molar-refractivity contribution < 1.29 is 8.42 Å². The van der Waals surface area contributed by atoms with Crippen molar-refractivity contribution in [1.29, 1.82) is 0 Å². The molecule has 0 aliphatic heterocycles. The highest BCUT2D eigenvalue weighted by Crippen LogP contribution is 2.37. The van der Waals surface area contributed by atoms with Crippen LogP contribution in [0.4, 0.5) is 5.69 Å². The Morgan fingerprint density at radius 1 is 1.26 bits per heavy atom. The van der Waals surface area contributed by atoms with Gasteiger partial charge in [-0.15, -0.1) is 0 Å². The Labute approximate surface area is 114 Å². The van der Waals surface area contributed by atoms with Crippen LogP contribution < -0.4 is 10.0 Å². The van der Waals surface area contributed by atoms with E-state index in [4.69, 9.17) is 0 Å². The highest BCUT2D eigenvalue weighted by Gasteiger charge is 2.36. The molecule has 2 N–H and O–H groups in total. The molecule has 4 nitrogen and oxygen atoms in total. The summed E-state index contributed by atoms with van der Waals surface area (Å²) in [6.07, 6.45) is 4.19. The molecule has 3 rings (SSSR count). The molecule has 0 bridgehead atoms. The second kappa shape index (κ2) is 4.80. The van der Waals surface area contributed by atoms with Crippen LogP contribution in [0.25, 0.3) is 0 Å². The van der Waals surface area contributed by atoms with E-state index in [1.807, 2.05) is 12.1 Å². The maximum Gasteiger partial charge on any atom is 0.242 e. The highest BCUT2D eigenvalue weighted by molar-refractivity contribution is 7.89. The van der Waals surface area contributed by atoms with Crippen LogP contribution in [0.2, 0.25) is 0 Å². The number of hydrogen-bond donors (Lipinski definition) is 2. The number of rotatable bonds is 6. The van der Waals surface area contributed by atoms with Crippen LogP contribution in [0.15, 0.2) is 29.2 Å². The molecule has 104 valence electrons. The Morgan fingerprint density at radius 3 is 2.63 bits per heavy atom. The molecule has 0 radical (unpaired) electrons. The zero-order valence-electron chi connectivity index (χ0n) is 11.1. The van der Waals surface area contributed by atoms with Crippen molar-refractivity contribution in [3.05, 3.63) is 24.3 Å². The van der Waals surface area contributed by atoms with Crippen LogP contribution >= 0.6 is 0 Å². The summed E-state index contributed by atoms with van der Waals surface area (Å²) in [5.41, 5.74) is 0.733. The number of benzene rings is 1. The second-order valence-corrected chi connectivity index (χ2v) is 7.23. The first-order valence-electron chi connectivity index (χ1n) is 6.98. The lowest BCUT2D eigenvalue weighted by molar-refractivity contribution is 0.581. The molecule has 0 saturated heterocycles. The van der Waals surface area contributed by atoms with Crippen molar-refractivity contribution in [2.75, 3.05) is 5.32 Å². The molecule has 2 atom stereocenters. The van der Waals surface area contributed by atoms with E-state index in [0.717, 1.165) is 31.4 Å². The summed E-state index contributed by atoms with van der Waals surface area (Å²) in [5.74, 6) is 0.687. The van der Waals surface area contributed by atoms with Crippen molar-refractivity contribution in [1.82, 2.24) is 4.72 Å². The van der Waals surface area contributed by atoms with E-state index in [1.165, 1.54) is 0 Å². The fourth-order valence-corrected chi connectivity index (χ4v) is 3.86. The van der Waals surface area contributed by atoms with E-state index in [2.05, 4.69) is 17.0 Å². The molecular formula is C14H20N2O2S. The molecule has 2 saturated carbocycles. The van der Waals surface area contributed by atoms with Gasteiger partial charge in [-0.05, 0) is 37.3 Å². The number of sulfonamides is 1. The van der Waals surface area contributed by atoms with Gasteiger partial charge in [0.1, 0.15) is 4.90 Å². The Hall–Kier alpha value is -1.07. The zero-order valence-corrected chi connectivity index (χ0v) is 11.9. The number of nitrogens with one attached hydrogen (secondary N) is 2. The molecule has 2 aliphatic carbocycles. The van der Waals surface area contributed by atoms with Crippen molar-refractivity contribution in [2.45, 2.75) is 49.6 Å². The molecule has 5 heteroatoms. The Kier molecular flexibility index (Phi) is 3.27. The molecule has 2 fully saturated rings. The number of anilines is 1. The summed E-state index contributed by atoms with van der Waals surface area (Å²) in [6.45, 7) is 2.17. The van der Waals surface area contributed by atoms with E-state index in [1.54, 1.807) is 12.1 Å². The lowest BCUT2D eigenvalue weighted by atomic mass is 10.3. The largest absolute Gasteiger partial charge is 0.381 e. The van der Waals surface area contributed by atoms with Gasteiger partial charge in [0.2, 0.25) is 10.0 Å². The van der Waals surface area contributed by atoms with Gasteiger partial charge in [-0.2, -0.15) is 0 Å². The summed E-state index contributed by atoms with van der Waals surface area (Å²) >= 11 is 0. The van der Waals surface area contributed by atoms with Crippen LogP contribution in [0.5, 0.6) is 0 Å². The molecule has 2 unspecified atom stereocenters. The monoisotopic (exact) mass is 280 g/mol. The molecule has 0 heterocycles. The van der Waals surface area contributed by atoms with Gasteiger partial charge in [-0.3, -0.25) is 0 Å². The summed E-state index contributed by atoms with van der Waals surface area (Å²) in [7, 11) is -3.38. The first-order chi connectivity index (χ1) is 9.10. The van der Waals surface area contributed by atoms with Gasteiger partial charge in [0.25, 0.3) is 0 Å². The van der Waals surface area contributed by atoms with Gasteiger partial charge >= 0.3 is 0 Å². The third kappa shape index (κ3) is 2.92. The van der Waals surface area contributed by atoms with Gasteiger partial charge in [0, 0.05) is 12.1 Å². The van der Waals surface area contributed by atoms with Crippen LogP contribution in [0, 0.1) is 5.92 Å². The van der Waals surface area contributed by atoms with Crippen molar-refractivity contribution in [2.24, 2.45) is 5.92 Å². The van der Waals surface area contributed by atoms with Gasteiger partial charge in [0.15, 0.2) is 0 Å². The number of hydrogen-bond acceptors (Lipinski definition) is 3. The molecule has 19 heavy (non-hydrogen) atoms. The van der Waals surface area contributed by atoms with Gasteiger partial charge < -0.3 is 5.32 Å². The smallest absolute Gasteiger partial charge is 0.242 e. The van der Waals surface area contributed by atoms with Gasteiger partial charge in [0.05, 0.1) is 5.69 Å². The quantitative estimate of drug-likeness (QED) is 0.841. The van der Waals surface area contributed by atoms with Crippen LogP contribution in [0.3, 0.4) is 0 Å². The standard InChI is InChI=1S/C14H20N2O2S/c1-2-10-9-13(10)15-12-5-3-4-6-14(12)19(17,18)16-11-7-8-11/h3-6,10-11,13,15-16H,2,7-9H2,1H3. The van der Waals surface area contributed by atoms with Crippen LogP contribution in [-0.4, -0.2) is 20.5 Å². The SMILES string of the molecule is CCC1CC1Nc1ccccc1S(=O)(=O)NC1CC1. The van der Waals surface area contributed by atoms with E-state index in [9.17, 15) is 8.42 Å². The summed E-state index contributed by atoms with van der Waals surface area (Å²) in [4.78, 5) is 0.378. The minimum atomic E-state index is -3.38. The average Bonchev–Trinajstić information content (AvgIpc) is 3.27. The highest BCUT2D eigenvalue weighted by atomic mass is 32.2. The number of para-hydroxylation sites is 1. The minimum Gasteiger partial charge on any atom is -0.381 e.